The third-order valence-electron chi connectivity index (χ3n) is 3.67. The number of likely N-dealkylation sites (tertiary alicyclic amines) is 1. The van der Waals surface area contributed by atoms with Crippen molar-refractivity contribution in [3.8, 4) is 5.75 Å². The second-order valence-corrected chi connectivity index (χ2v) is 5.36. The van der Waals surface area contributed by atoms with Crippen LogP contribution in [0.25, 0.3) is 0 Å². The molecule has 5 heteroatoms. The molecule has 4 nitrogen and oxygen atoms in total. The van der Waals surface area contributed by atoms with Crippen molar-refractivity contribution in [2.75, 3.05) is 13.1 Å². The van der Waals surface area contributed by atoms with E-state index >= 15 is 0 Å². The molecule has 1 atom stereocenters. The lowest BCUT2D eigenvalue weighted by atomic mass is 10.2. The molecule has 1 aliphatic rings. The molecule has 0 radical (unpaired) electrons. The van der Waals surface area contributed by atoms with Gasteiger partial charge in [0.1, 0.15) is 17.7 Å². The van der Waals surface area contributed by atoms with Crippen LogP contribution in [0, 0.1) is 5.82 Å². The van der Waals surface area contributed by atoms with Crippen LogP contribution >= 0.6 is 0 Å². The summed E-state index contributed by atoms with van der Waals surface area (Å²) in [5.41, 5.74) is 0.905. The SMILES string of the molecule is O=C(Cc1cccnc1)N1CCC(Oc2cccc(F)c2)C1. The Bertz CT molecular complexity index is 648. The number of amides is 1. The van der Waals surface area contributed by atoms with Crippen LogP contribution in [-0.2, 0) is 11.2 Å². The van der Waals surface area contributed by atoms with Crippen molar-refractivity contribution in [2.45, 2.75) is 18.9 Å². The molecule has 1 saturated heterocycles. The fourth-order valence-electron chi connectivity index (χ4n) is 2.57. The summed E-state index contributed by atoms with van der Waals surface area (Å²) in [5, 5.41) is 0. The van der Waals surface area contributed by atoms with E-state index < -0.39 is 0 Å². The zero-order valence-corrected chi connectivity index (χ0v) is 12.1. The minimum absolute atomic E-state index is 0.0679. The van der Waals surface area contributed by atoms with Gasteiger partial charge in [-0.3, -0.25) is 9.78 Å². The Morgan fingerprint density at radius 1 is 1.36 bits per heavy atom. The summed E-state index contributed by atoms with van der Waals surface area (Å²) in [7, 11) is 0. The summed E-state index contributed by atoms with van der Waals surface area (Å²) in [6, 6.07) is 9.80. The summed E-state index contributed by atoms with van der Waals surface area (Å²) < 4.78 is 18.9. The van der Waals surface area contributed by atoms with Gasteiger partial charge in [-0.1, -0.05) is 12.1 Å². The maximum atomic E-state index is 13.1. The second kappa shape index (κ2) is 6.56. The quantitative estimate of drug-likeness (QED) is 0.871. The maximum Gasteiger partial charge on any atom is 0.227 e. The highest BCUT2D eigenvalue weighted by Gasteiger charge is 2.27. The number of hydrogen-bond acceptors (Lipinski definition) is 3. The van der Waals surface area contributed by atoms with Crippen LogP contribution < -0.4 is 4.74 Å². The molecular weight excluding hydrogens is 283 g/mol. The van der Waals surface area contributed by atoms with E-state index in [9.17, 15) is 9.18 Å². The lowest BCUT2D eigenvalue weighted by Crippen LogP contribution is -2.32. The van der Waals surface area contributed by atoms with Crippen molar-refractivity contribution in [1.82, 2.24) is 9.88 Å². The largest absolute Gasteiger partial charge is 0.488 e. The first kappa shape index (κ1) is 14.5. The van der Waals surface area contributed by atoms with Gasteiger partial charge in [0.05, 0.1) is 13.0 Å². The molecule has 0 spiro atoms. The third kappa shape index (κ3) is 3.61. The standard InChI is InChI=1S/C17H17FN2O2/c18-14-4-1-5-15(10-14)22-16-6-8-20(12-16)17(21)9-13-3-2-7-19-11-13/h1-5,7,10-11,16H,6,8-9,12H2. The van der Waals surface area contributed by atoms with Crippen LogP contribution in [0.3, 0.4) is 0 Å². The molecule has 0 N–H and O–H groups in total. The number of rotatable bonds is 4. The first-order valence-electron chi connectivity index (χ1n) is 7.29. The topological polar surface area (TPSA) is 42.4 Å². The molecule has 2 heterocycles. The fourth-order valence-corrected chi connectivity index (χ4v) is 2.57. The van der Waals surface area contributed by atoms with E-state index in [2.05, 4.69) is 4.98 Å². The molecule has 114 valence electrons. The number of aromatic nitrogens is 1. The Kier molecular flexibility index (Phi) is 4.32. The highest BCUT2D eigenvalue weighted by molar-refractivity contribution is 5.79. The monoisotopic (exact) mass is 300 g/mol. The van der Waals surface area contributed by atoms with Gasteiger partial charge in [-0.05, 0) is 23.8 Å². The zero-order valence-electron chi connectivity index (χ0n) is 12.1. The van der Waals surface area contributed by atoms with E-state index in [0.717, 1.165) is 12.0 Å². The summed E-state index contributed by atoms with van der Waals surface area (Å²) >= 11 is 0. The van der Waals surface area contributed by atoms with E-state index in [1.807, 2.05) is 12.1 Å². The lowest BCUT2D eigenvalue weighted by molar-refractivity contribution is -0.129. The van der Waals surface area contributed by atoms with Crippen LogP contribution in [0.15, 0.2) is 48.8 Å². The van der Waals surface area contributed by atoms with Gasteiger partial charge < -0.3 is 9.64 Å². The summed E-state index contributed by atoms with van der Waals surface area (Å²) in [4.78, 5) is 18.1. The molecular formula is C17H17FN2O2. The first-order chi connectivity index (χ1) is 10.7. The van der Waals surface area contributed by atoms with Crippen molar-refractivity contribution in [2.24, 2.45) is 0 Å². The number of carbonyl (C=O) groups excluding carboxylic acids is 1. The van der Waals surface area contributed by atoms with Crippen LogP contribution in [0.1, 0.15) is 12.0 Å². The van der Waals surface area contributed by atoms with Crippen LogP contribution in [0.4, 0.5) is 4.39 Å². The molecule has 1 aromatic heterocycles. The maximum absolute atomic E-state index is 13.1. The Balaban J connectivity index is 1.54. The lowest BCUT2D eigenvalue weighted by Gasteiger charge is -2.17. The molecule has 1 amide bonds. The van der Waals surface area contributed by atoms with E-state index in [0.29, 0.717) is 25.3 Å². The van der Waals surface area contributed by atoms with E-state index in [-0.39, 0.29) is 17.8 Å². The molecule has 1 aromatic carbocycles. The summed E-state index contributed by atoms with van der Waals surface area (Å²) in [6.07, 6.45) is 4.41. The van der Waals surface area contributed by atoms with Crippen LogP contribution in [-0.4, -0.2) is 35.0 Å². The Morgan fingerprint density at radius 2 is 2.27 bits per heavy atom. The number of carbonyl (C=O) groups is 1. The average molecular weight is 300 g/mol. The van der Waals surface area contributed by atoms with Crippen molar-refractivity contribution in [3.63, 3.8) is 0 Å². The Hall–Kier alpha value is -2.43. The first-order valence-corrected chi connectivity index (χ1v) is 7.29. The number of nitrogens with zero attached hydrogens (tertiary/aromatic N) is 2. The molecule has 0 saturated carbocycles. The van der Waals surface area contributed by atoms with Crippen molar-refractivity contribution >= 4 is 5.91 Å². The number of hydrogen-bond donors (Lipinski definition) is 0. The molecule has 1 aliphatic heterocycles. The molecule has 1 unspecified atom stereocenters. The molecule has 0 aliphatic carbocycles. The zero-order chi connectivity index (χ0) is 15.4. The van der Waals surface area contributed by atoms with E-state index in [1.54, 1.807) is 29.4 Å². The number of benzene rings is 1. The minimum Gasteiger partial charge on any atom is -0.488 e. The van der Waals surface area contributed by atoms with E-state index in [4.69, 9.17) is 4.74 Å². The molecule has 0 bridgehead atoms. The molecule has 3 rings (SSSR count). The van der Waals surface area contributed by atoms with E-state index in [1.165, 1.54) is 12.1 Å². The van der Waals surface area contributed by atoms with Gasteiger partial charge in [0, 0.05) is 31.4 Å². The van der Waals surface area contributed by atoms with Crippen molar-refractivity contribution in [1.29, 1.82) is 0 Å². The van der Waals surface area contributed by atoms with Gasteiger partial charge in [0.25, 0.3) is 0 Å². The second-order valence-electron chi connectivity index (χ2n) is 5.36. The normalized spacial score (nSPS) is 17.5. The highest BCUT2D eigenvalue weighted by atomic mass is 19.1. The van der Waals surface area contributed by atoms with Crippen LogP contribution in [0.5, 0.6) is 5.75 Å². The Morgan fingerprint density at radius 3 is 3.05 bits per heavy atom. The number of ether oxygens (including phenoxy) is 1. The van der Waals surface area contributed by atoms with Crippen LogP contribution in [0.2, 0.25) is 0 Å². The smallest absolute Gasteiger partial charge is 0.227 e. The molecule has 1 fully saturated rings. The Labute approximate surface area is 128 Å². The number of halogens is 1. The number of pyridine rings is 1. The van der Waals surface area contributed by atoms with Gasteiger partial charge in [-0.15, -0.1) is 0 Å². The predicted molar refractivity (Wildman–Crippen MR) is 80.0 cm³/mol. The van der Waals surface area contributed by atoms with Gasteiger partial charge >= 0.3 is 0 Å². The third-order valence-corrected chi connectivity index (χ3v) is 3.67. The predicted octanol–water partition coefficient (Wildman–Crippen LogP) is 2.44. The molecule has 2 aromatic rings. The summed E-state index contributed by atoms with van der Waals surface area (Å²) in [6.45, 7) is 1.20. The minimum atomic E-state index is -0.319. The van der Waals surface area contributed by atoms with Crippen molar-refractivity contribution < 1.29 is 13.9 Å². The molecule has 22 heavy (non-hydrogen) atoms. The fraction of sp³-hybridized carbons (Fsp3) is 0.294. The van der Waals surface area contributed by atoms with Gasteiger partial charge in [-0.25, -0.2) is 4.39 Å². The van der Waals surface area contributed by atoms with Gasteiger partial charge in [0.15, 0.2) is 0 Å². The van der Waals surface area contributed by atoms with Crippen molar-refractivity contribution in [3.05, 3.63) is 60.2 Å². The highest BCUT2D eigenvalue weighted by Crippen LogP contribution is 2.19. The summed E-state index contributed by atoms with van der Waals surface area (Å²) in [5.74, 6) is 0.255. The van der Waals surface area contributed by atoms with Gasteiger partial charge in [0.2, 0.25) is 5.91 Å². The average Bonchev–Trinajstić information content (AvgIpc) is 2.97. The van der Waals surface area contributed by atoms with Gasteiger partial charge in [-0.2, -0.15) is 0 Å².